The molecule has 39 heavy (non-hydrogen) atoms. The highest BCUT2D eigenvalue weighted by Gasteiger charge is 2.49. The number of likely N-dealkylation sites (tertiary alicyclic amines) is 1. The molecule has 0 unspecified atom stereocenters. The van der Waals surface area contributed by atoms with Crippen LogP contribution in [0, 0.1) is 5.41 Å². The van der Waals surface area contributed by atoms with Crippen molar-refractivity contribution in [2.45, 2.75) is 64.0 Å². The highest BCUT2D eigenvalue weighted by atomic mass is 16.6. The van der Waals surface area contributed by atoms with Crippen LogP contribution in [0.15, 0.2) is 61.3 Å². The van der Waals surface area contributed by atoms with Crippen molar-refractivity contribution in [3.05, 3.63) is 72.4 Å². The molecule has 1 aliphatic heterocycles. The number of benzene rings is 1. The summed E-state index contributed by atoms with van der Waals surface area (Å²) in [5, 5.41) is 0. The zero-order chi connectivity index (χ0) is 28.0. The number of methoxy groups -OCH3 is 1. The molecule has 2 aliphatic rings. The second-order valence-electron chi connectivity index (χ2n) is 11.7. The molecule has 1 aromatic heterocycles. The Hall–Kier alpha value is -3.55. The number of carbonyl (C=O) groups is 2. The van der Waals surface area contributed by atoms with E-state index in [1.807, 2.05) is 62.2 Å². The van der Waals surface area contributed by atoms with Gasteiger partial charge in [-0.25, -0.2) is 14.6 Å². The molecular formula is C31H41N3O5. The average molecular weight is 536 g/mol. The third-order valence-electron chi connectivity index (χ3n) is 7.51. The number of piperidine rings is 1. The highest BCUT2D eigenvalue weighted by Crippen LogP contribution is 2.47. The van der Waals surface area contributed by atoms with E-state index < -0.39 is 5.60 Å². The van der Waals surface area contributed by atoms with E-state index in [1.54, 1.807) is 18.1 Å². The van der Waals surface area contributed by atoms with Crippen LogP contribution in [0.2, 0.25) is 0 Å². The molecule has 210 valence electrons. The molecule has 8 nitrogen and oxygen atoms in total. The van der Waals surface area contributed by atoms with Crippen LogP contribution in [0.3, 0.4) is 0 Å². The van der Waals surface area contributed by atoms with Crippen molar-refractivity contribution >= 4 is 12.2 Å². The van der Waals surface area contributed by atoms with Crippen LogP contribution < -0.4 is 4.74 Å². The Morgan fingerprint density at radius 1 is 1.15 bits per heavy atom. The van der Waals surface area contributed by atoms with E-state index in [-0.39, 0.29) is 36.2 Å². The summed E-state index contributed by atoms with van der Waals surface area (Å²) in [6.07, 6.45) is 5.90. The number of amides is 2. The number of nitrogens with zero attached hydrogens (tertiary/aromatic N) is 3. The first-order valence-electron chi connectivity index (χ1n) is 13.7. The van der Waals surface area contributed by atoms with Gasteiger partial charge in [0, 0.05) is 43.9 Å². The Kier molecular flexibility index (Phi) is 8.83. The molecule has 1 saturated heterocycles. The Labute approximate surface area is 231 Å². The van der Waals surface area contributed by atoms with Gasteiger partial charge in [-0.15, -0.1) is 0 Å². The highest BCUT2D eigenvalue weighted by molar-refractivity contribution is 5.69. The minimum Gasteiger partial charge on any atom is -0.481 e. The van der Waals surface area contributed by atoms with Crippen molar-refractivity contribution in [2.24, 2.45) is 5.41 Å². The Bertz CT molecular complexity index is 1120. The number of aromatic nitrogens is 1. The van der Waals surface area contributed by atoms with E-state index in [0.29, 0.717) is 25.5 Å². The van der Waals surface area contributed by atoms with Crippen molar-refractivity contribution in [1.29, 1.82) is 0 Å². The fourth-order valence-corrected chi connectivity index (χ4v) is 5.43. The van der Waals surface area contributed by atoms with Crippen molar-refractivity contribution < 1.29 is 23.8 Å². The number of ether oxygens (including phenoxy) is 3. The number of carbonyl (C=O) groups excluding carboxylic acids is 2. The van der Waals surface area contributed by atoms with E-state index in [4.69, 9.17) is 14.2 Å². The van der Waals surface area contributed by atoms with Gasteiger partial charge in [0.15, 0.2) is 0 Å². The van der Waals surface area contributed by atoms with Gasteiger partial charge < -0.3 is 24.0 Å². The lowest BCUT2D eigenvalue weighted by atomic mass is 9.73. The number of hydrogen-bond donors (Lipinski definition) is 0. The first-order valence-corrected chi connectivity index (χ1v) is 13.7. The first-order chi connectivity index (χ1) is 18.6. The Balaban J connectivity index is 1.57. The summed E-state index contributed by atoms with van der Waals surface area (Å²) >= 11 is 0. The van der Waals surface area contributed by atoms with Crippen LogP contribution >= 0.6 is 0 Å². The van der Waals surface area contributed by atoms with Crippen molar-refractivity contribution in [3.63, 3.8) is 0 Å². The number of hydrogen-bond acceptors (Lipinski definition) is 6. The Morgan fingerprint density at radius 2 is 1.87 bits per heavy atom. The molecule has 0 N–H and O–H groups in total. The fourth-order valence-electron chi connectivity index (χ4n) is 5.43. The summed E-state index contributed by atoms with van der Waals surface area (Å²) in [5.41, 5.74) is 1.49. The average Bonchev–Trinajstić information content (AvgIpc) is 3.71. The van der Waals surface area contributed by atoms with E-state index >= 15 is 0 Å². The van der Waals surface area contributed by atoms with Crippen LogP contribution in [-0.4, -0.2) is 72.0 Å². The maximum atomic E-state index is 13.4. The molecule has 0 bridgehead atoms. The molecule has 2 heterocycles. The van der Waals surface area contributed by atoms with Crippen LogP contribution in [0.25, 0.3) is 0 Å². The summed E-state index contributed by atoms with van der Waals surface area (Å²) in [5.74, 6) is 0.842. The molecule has 1 aromatic carbocycles. The van der Waals surface area contributed by atoms with Crippen molar-refractivity contribution in [1.82, 2.24) is 14.8 Å². The summed E-state index contributed by atoms with van der Waals surface area (Å²) in [6.45, 7) is 11.1. The maximum Gasteiger partial charge on any atom is 0.410 e. The van der Waals surface area contributed by atoms with Crippen molar-refractivity contribution in [3.8, 4) is 5.88 Å². The third-order valence-corrected chi connectivity index (χ3v) is 7.51. The van der Waals surface area contributed by atoms with Gasteiger partial charge in [0.25, 0.3) is 0 Å². The number of pyridine rings is 1. The van der Waals surface area contributed by atoms with Gasteiger partial charge in [0.05, 0.1) is 7.11 Å². The zero-order valence-electron chi connectivity index (χ0n) is 23.6. The van der Waals surface area contributed by atoms with Gasteiger partial charge in [0.1, 0.15) is 12.2 Å². The molecule has 2 amide bonds. The lowest BCUT2D eigenvalue weighted by Gasteiger charge is -2.44. The topological polar surface area (TPSA) is 81.2 Å². The standard InChI is InChI=1S/C31H41N3O5/c1-6-18-38-29(36)34(26-19-25(26)24-10-8-7-9-11-24)22-31(20-23-12-13-27(37-5)32-21-23)14-16-33(17-15-31)28(35)39-30(2,3)4/h6-13,21,25-26H,1,14-20,22H2,2-5H3/t25-,26+/m0/s1. The Morgan fingerprint density at radius 3 is 2.46 bits per heavy atom. The van der Waals surface area contributed by atoms with E-state index in [1.165, 1.54) is 5.56 Å². The molecule has 1 saturated carbocycles. The van der Waals surface area contributed by atoms with Crippen molar-refractivity contribution in [2.75, 3.05) is 33.4 Å². The summed E-state index contributed by atoms with van der Waals surface area (Å²) in [4.78, 5) is 34.3. The molecule has 2 aromatic rings. The normalized spacial score (nSPS) is 20.1. The first kappa shape index (κ1) is 28.5. The van der Waals surface area contributed by atoms with Gasteiger partial charge in [-0.05, 0) is 63.0 Å². The van der Waals surface area contributed by atoms with Crippen LogP contribution in [-0.2, 0) is 15.9 Å². The van der Waals surface area contributed by atoms with Gasteiger partial charge in [0.2, 0.25) is 5.88 Å². The van der Waals surface area contributed by atoms with E-state index in [0.717, 1.165) is 31.2 Å². The molecular weight excluding hydrogens is 494 g/mol. The van der Waals surface area contributed by atoms with E-state index in [9.17, 15) is 9.59 Å². The van der Waals surface area contributed by atoms with Crippen LogP contribution in [0.4, 0.5) is 9.59 Å². The molecule has 0 spiro atoms. The lowest BCUT2D eigenvalue weighted by Crippen LogP contribution is -2.51. The van der Waals surface area contributed by atoms with Gasteiger partial charge >= 0.3 is 12.2 Å². The monoisotopic (exact) mass is 535 g/mol. The zero-order valence-corrected chi connectivity index (χ0v) is 23.6. The summed E-state index contributed by atoms with van der Waals surface area (Å²) in [6, 6.07) is 14.3. The van der Waals surface area contributed by atoms with Gasteiger partial charge in [-0.3, -0.25) is 0 Å². The fraction of sp³-hybridized carbons (Fsp3) is 0.516. The molecule has 8 heteroatoms. The largest absolute Gasteiger partial charge is 0.481 e. The number of rotatable bonds is 9. The minimum atomic E-state index is -0.551. The van der Waals surface area contributed by atoms with Gasteiger partial charge in [-0.1, -0.05) is 49.1 Å². The summed E-state index contributed by atoms with van der Waals surface area (Å²) < 4.78 is 16.5. The smallest absolute Gasteiger partial charge is 0.410 e. The van der Waals surface area contributed by atoms with Crippen LogP contribution in [0.1, 0.15) is 57.1 Å². The van der Waals surface area contributed by atoms with Crippen LogP contribution in [0.5, 0.6) is 5.88 Å². The lowest BCUT2D eigenvalue weighted by molar-refractivity contribution is 0.00308. The molecule has 2 atom stereocenters. The second-order valence-corrected chi connectivity index (χ2v) is 11.7. The molecule has 0 radical (unpaired) electrons. The minimum absolute atomic E-state index is 0.0690. The SMILES string of the molecule is C=CCOC(=O)N(CC1(Cc2ccc(OC)nc2)CCN(C(=O)OC(C)(C)C)CC1)[C@@H]1C[C@H]1c1ccccc1. The second kappa shape index (κ2) is 12.1. The predicted octanol–water partition coefficient (Wildman–Crippen LogP) is 5.83. The quantitative estimate of drug-likeness (QED) is 0.376. The molecule has 4 rings (SSSR count). The predicted molar refractivity (Wildman–Crippen MR) is 150 cm³/mol. The molecule has 2 fully saturated rings. The van der Waals surface area contributed by atoms with Gasteiger partial charge in [-0.2, -0.15) is 0 Å². The molecule has 1 aliphatic carbocycles. The third kappa shape index (κ3) is 7.52. The summed E-state index contributed by atoms with van der Waals surface area (Å²) in [7, 11) is 1.60. The maximum absolute atomic E-state index is 13.4. The van der Waals surface area contributed by atoms with E-state index in [2.05, 4.69) is 23.7 Å².